The van der Waals surface area contributed by atoms with Gasteiger partial charge in [0, 0.05) is 6.42 Å². The Balaban J connectivity index is 1.82. The summed E-state index contributed by atoms with van der Waals surface area (Å²) in [6, 6.07) is 10.9. The Labute approximate surface area is 91.4 Å². The van der Waals surface area contributed by atoms with Gasteiger partial charge in [-0.25, -0.2) is 0 Å². The molecule has 0 amide bonds. The first kappa shape index (κ1) is 10.7. The van der Waals surface area contributed by atoms with E-state index < -0.39 is 0 Å². The molecule has 1 aromatic rings. The van der Waals surface area contributed by atoms with Gasteiger partial charge < -0.3 is 10.5 Å². The largest absolute Gasteiger partial charge is 0.367 e. The van der Waals surface area contributed by atoms with E-state index in [0.29, 0.717) is 12.1 Å². The molecular weight excluding hydrogens is 186 g/mol. The normalized spacial score (nSPS) is 26.5. The second-order valence-corrected chi connectivity index (χ2v) is 4.38. The van der Waals surface area contributed by atoms with Crippen molar-refractivity contribution in [3.8, 4) is 0 Å². The van der Waals surface area contributed by atoms with Gasteiger partial charge in [-0.1, -0.05) is 36.8 Å². The van der Waals surface area contributed by atoms with E-state index in [1.807, 2.05) is 6.07 Å². The van der Waals surface area contributed by atoms with Crippen molar-refractivity contribution < 1.29 is 10.5 Å². The summed E-state index contributed by atoms with van der Waals surface area (Å²) in [5.74, 6) is 0. The maximum absolute atomic E-state index is 5.92. The highest BCUT2D eigenvalue weighted by molar-refractivity contribution is 5.13. The zero-order valence-electron chi connectivity index (χ0n) is 9.19. The molecular formula is C13H20NO+. The lowest BCUT2D eigenvalue weighted by molar-refractivity contribution is -0.445. The van der Waals surface area contributed by atoms with Gasteiger partial charge in [0.1, 0.15) is 12.1 Å². The van der Waals surface area contributed by atoms with Crippen LogP contribution in [0.3, 0.4) is 0 Å². The molecule has 1 aromatic carbocycles. The molecule has 0 aliphatic heterocycles. The summed E-state index contributed by atoms with van der Waals surface area (Å²) < 4.78 is 5.92. The molecule has 0 spiro atoms. The second kappa shape index (κ2) is 5.29. The monoisotopic (exact) mass is 206 g/mol. The minimum absolute atomic E-state index is 0.374. The molecule has 0 radical (unpaired) electrons. The number of hydrogen-bond donors (Lipinski definition) is 1. The SMILES string of the molecule is [NH3+][C@@H]1CCCC[C@H]1OCc1ccccc1. The summed E-state index contributed by atoms with van der Waals surface area (Å²) in [4.78, 5) is 0. The van der Waals surface area contributed by atoms with Crippen LogP contribution in [0, 0.1) is 0 Å². The molecule has 2 nitrogen and oxygen atoms in total. The first-order valence-corrected chi connectivity index (χ1v) is 5.85. The van der Waals surface area contributed by atoms with E-state index in [1.165, 1.54) is 31.2 Å². The molecule has 0 bridgehead atoms. The third-order valence-corrected chi connectivity index (χ3v) is 3.15. The minimum atomic E-state index is 0.374. The number of quaternary nitrogens is 1. The van der Waals surface area contributed by atoms with E-state index in [9.17, 15) is 0 Å². The molecule has 0 aromatic heterocycles. The van der Waals surface area contributed by atoms with Crippen molar-refractivity contribution in [3.05, 3.63) is 35.9 Å². The summed E-state index contributed by atoms with van der Waals surface area (Å²) >= 11 is 0. The van der Waals surface area contributed by atoms with Crippen molar-refractivity contribution in [3.63, 3.8) is 0 Å². The fraction of sp³-hybridized carbons (Fsp3) is 0.538. The molecule has 0 heterocycles. The van der Waals surface area contributed by atoms with Crippen LogP contribution >= 0.6 is 0 Å². The molecule has 1 saturated carbocycles. The van der Waals surface area contributed by atoms with Gasteiger partial charge in [0.25, 0.3) is 0 Å². The average Bonchev–Trinajstić information content (AvgIpc) is 2.29. The van der Waals surface area contributed by atoms with E-state index in [0.717, 1.165) is 6.61 Å². The molecule has 1 fully saturated rings. The predicted octanol–water partition coefficient (Wildman–Crippen LogP) is 1.76. The van der Waals surface area contributed by atoms with Gasteiger partial charge in [0.2, 0.25) is 0 Å². The summed E-state index contributed by atoms with van der Waals surface area (Å²) in [6.07, 6.45) is 5.39. The first-order valence-electron chi connectivity index (χ1n) is 5.85. The van der Waals surface area contributed by atoms with E-state index in [-0.39, 0.29) is 0 Å². The zero-order valence-corrected chi connectivity index (χ0v) is 9.19. The topological polar surface area (TPSA) is 36.9 Å². The van der Waals surface area contributed by atoms with Crippen LogP contribution in [0.4, 0.5) is 0 Å². The summed E-state index contributed by atoms with van der Waals surface area (Å²) in [5.41, 5.74) is 5.43. The minimum Gasteiger partial charge on any atom is -0.367 e. The predicted molar refractivity (Wildman–Crippen MR) is 60.2 cm³/mol. The Hall–Kier alpha value is -0.860. The smallest absolute Gasteiger partial charge is 0.111 e. The Bertz CT molecular complexity index is 286. The standard InChI is InChI=1S/C13H19NO/c14-12-8-4-5-9-13(12)15-10-11-6-2-1-3-7-11/h1-3,6-7,12-13H,4-5,8-10,14H2/p+1/t12-,13-/m1/s1. The van der Waals surface area contributed by atoms with Gasteiger partial charge in [-0.15, -0.1) is 0 Å². The van der Waals surface area contributed by atoms with Gasteiger partial charge in [-0.3, -0.25) is 0 Å². The third-order valence-electron chi connectivity index (χ3n) is 3.15. The lowest BCUT2D eigenvalue weighted by atomic mass is 9.93. The Morgan fingerprint density at radius 3 is 2.60 bits per heavy atom. The van der Waals surface area contributed by atoms with Crippen LogP contribution < -0.4 is 5.73 Å². The fourth-order valence-electron chi connectivity index (χ4n) is 2.17. The van der Waals surface area contributed by atoms with Crippen molar-refractivity contribution >= 4 is 0 Å². The number of hydrogen-bond acceptors (Lipinski definition) is 1. The highest BCUT2D eigenvalue weighted by Crippen LogP contribution is 2.19. The molecule has 82 valence electrons. The molecule has 2 heteroatoms. The third kappa shape index (κ3) is 3.05. The zero-order chi connectivity index (χ0) is 10.5. The molecule has 0 saturated heterocycles. The van der Waals surface area contributed by atoms with Crippen LogP contribution in [0.2, 0.25) is 0 Å². The van der Waals surface area contributed by atoms with Crippen LogP contribution in [-0.2, 0) is 11.3 Å². The van der Waals surface area contributed by atoms with E-state index >= 15 is 0 Å². The fourth-order valence-corrected chi connectivity index (χ4v) is 2.17. The van der Waals surface area contributed by atoms with Gasteiger partial charge in [0.05, 0.1) is 6.61 Å². The van der Waals surface area contributed by atoms with Gasteiger partial charge in [-0.2, -0.15) is 0 Å². The van der Waals surface area contributed by atoms with Crippen molar-refractivity contribution in [1.29, 1.82) is 0 Å². The molecule has 3 N–H and O–H groups in total. The van der Waals surface area contributed by atoms with Crippen LogP contribution in [-0.4, -0.2) is 12.1 Å². The van der Waals surface area contributed by atoms with E-state index in [4.69, 9.17) is 4.74 Å². The lowest BCUT2D eigenvalue weighted by Gasteiger charge is -2.25. The van der Waals surface area contributed by atoms with Crippen molar-refractivity contribution in [2.24, 2.45) is 0 Å². The summed E-state index contributed by atoms with van der Waals surface area (Å²) in [7, 11) is 0. The maximum Gasteiger partial charge on any atom is 0.111 e. The van der Waals surface area contributed by atoms with Gasteiger partial charge >= 0.3 is 0 Å². The number of rotatable bonds is 3. The van der Waals surface area contributed by atoms with Crippen molar-refractivity contribution in [2.45, 2.75) is 44.4 Å². The highest BCUT2D eigenvalue weighted by atomic mass is 16.5. The highest BCUT2D eigenvalue weighted by Gasteiger charge is 2.25. The number of ether oxygens (including phenoxy) is 1. The molecule has 1 aliphatic carbocycles. The molecule has 15 heavy (non-hydrogen) atoms. The first-order chi connectivity index (χ1) is 7.36. The Kier molecular flexibility index (Phi) is 3.75. The maximum atomic E-state index is 5.92. The quantitative estimate of drug-likeness (QED) is 0.803. The summed E-state index contributed by atoms with van der Waals surface area (Å²) in [5, 5.41) is 0. The number of benzene rings is 1. The van der Waals surface area contributed by atoms with Gasteiger partial charge in [-0.05, 0) is 18.4 Å². The van der Waals surface area contributed by atoms with E-state index in [2.05, 4.69) is 30.0 Å². The summed E-state index contributed by atoms with van der Waals surface area (Å²) in [6.45, 7) is 0.734. The lowest BCUT2D eigenvalue weighted by Crippen LogP contribution is -2.67. The van der Waals surface area contributed by atoms with Crippen LogP contribution in [0.1, 0.15) is 31.2 Å². The van der Waals surface area contributed by atoms with Crippen molar-refractivity contribution in [2.75, 3.05) is 0 Å². The molecule has 1 aliphatic rings. The Morgan fingerprint density at radius 1 is 1.13 bits per heavy atom. The molecule has 0 unspecified atom stereocenters. The van der Waals surface area contributed by atoms with Crippen molar-refractivity contribution in [1.82, 2.24) is 0 Å². The van der Waals surface area contributed by atoms with Crippen LogP contribution in [0.5, 0.6) is 0 Å². The second-order valence-electron chi connectivity index (χ2n) is 4.38. The molecule has 2 atom stereocenters. The average molecular weight is 206 g/mol. The molecule has 2 rings (SSSR count). The van der Waals surface area contributed by atoms with Crippen LogP contribution in [0.15, 0.2) is 30.3 Å². The van der Waals surface area contributed by atoms with Gasteiger partial charge in [0.15, 0.2) is 0 Å². The van der Waals surface area contributed by atoms with E-state index in [1.54, 1.807) is 0 Å². The van der Waals surface area contributed by atoms with Crippen LogP contribution in [0.25, 0.3) is 0 Å². The Morgan fingerprint density at radius 2 is 1.87 bits per heavy atom.